The van der Waals surface area contributed by atoms with Crippen LogP contribution in [-0.2, 0) is 0 Å². The Bertz CT molecular complexity index is 682. The standard InChI is InChI=1S/C15H16F2N4O2/c16-15(17)5-12(8-20-13(22)10-1-3-18-6-10)21(9-15)14(23)11-2-4-19-7-11/h1-4,6-7,12,18-19H,5,8-9H2,(H,20,22)/t12-/m0/s1. The molecule has 6 nitrogen and oxygen atoms in total. The molecule has 122 valence electrons. The van der Waals surface area contributed by atoms with Crippen LogP contribution in [0, 0.1) is 0 Å². The van der Waals surface area contributed by atoms with Crippen molar-refractivity contribution in [3.05, 3.63) is 48.0 Å². The van der Waals surface area contributed by atoms with Crippen molar-refractivity contribution >= 4 is 11.8 Å². The molecule has 2 amide bonds. The number of H-pyrrole nitrogens is 2. The van der Waals surface area contributed by atoms with Gasteiger partial charge in [-0.1, -0.05) is 0 Å². The van der Waals surface area contributed by atoms with E-state index >= 15 is 0 Å². The molecule has 3 heterocycles. The van der Waals surface area contributed by atoms with Crippen LogP contribution in [0.2, 0.25) is 0 Å². The number of likely N-dealkylation sites (tertiary alicyclic amines) is 1. The lowest BCUT2D eigenvalue weighted by Gasteiger charge is -2.23. The summed E-state index contributed by atoms with van der Waals surface area (Å²) in [5.41, 5.74) is 0.739. The average Bonchev–Trinajstić information content (AvgIpc) is 3.24. The van der Waals surface area contributed by atoms with Crippen LogP contribution in [0.5, 0.6) is 0 Å². The monoisotopic (exact) mass is 322 g/mol. The lowest BCUT2D eigenvalue weighted by Crippen LogP contribution is -2.43. The highest BCUT2D eigenvalue weighted by atomic mass is 19.3. The van der Waals surface area contributed by atoms with E-state index < -0.39 is 30.8 Å². The molecule has 0 unspecified atom stereocenters. The molecule has 3 N–H and O–H groups in total. The largest absolute Gasteiger partial charge is 0.367 e. The predicted molar refractivity (Wildman–Crippen MR) is 78.3 cm³/mol. The van der Waals surface area contributed by atoms with E-state index in [4.69, 9.17) is 0 Å². The summed E-state index contributed by atoms with van der Waals surface area (Å²) in [5, 5.41) is 2.60. The van der Waals surface area contributed by atoms with E-state index in [1.54, 1.807) is 18.5 Å². The van der Waals surface area contributed by atoms with E-state index in [2.05, 4.69) is 15.3 Å². The van der Waals surface area contributed by atoms with Gasteiger partial charge in [-0.3, -0.25) is 9.59 Å². The van der Waals surface area contributed by atoms with Crippen molar-refractivity contribution in [3.63, 3.8) is 0 Å². The van der Waals surface area contributed by atoms with Crippen LogP contribution in [0.25, 0.3) is 0 Å². The number of aromatic nitrogens is 2. The first-order valence-corrected chi connectivity index (χ1v) is 7.19. The Balaban J connectivity index is 1.68. The lowest BCUT2D eigenvalue weighted by atomic mass is 10.1. The highest BCUT2D eigenvalue weighted by molar-refractivity contribution is 5.95. The molecule has 0 radical (unpaired) electrons. The van der Waals surface area contributed by atoms with Gasteiger partial charge in [0, 0.05) is 37.8 Å². The molecule has 1 fully saturated rings. The fraction of sp³-hybridized carbons (Fsp3) is 0.333. The molecule has 1 atom stereocenters. The van der Waals surface area contributed by atoms with Gasteiger partial charge in [-0.25, -0.2) is 8.78 Å². The zero-order chi connectivity index (χ0) is 16.4. The Hall–Kier alpha value is -2.64. The number of amides is 2. The number of aromatic amines is 2. The van der Waals surface area contributed by atoms with Crippen LogP contribution >= 0.6 is 0 Å². The number of hydrogen-bond acceptors (Lipinski definition) is 2. The predicted octanol–water partition coefficient (Wildman–Crippen LogP) is 1.62. The van der Waals surface area contributed by atoms with Crippen LogP contribution in [-0.4, -0.2) is 51.7 Å². The molecule has 3 rings (SSSR count). The first-order chi connectivity index (χ1) is 11.0. The summed E-state index contributed by atoms with van der Waals surface area (Å²) in [4.78, 5) is 30.8. The van der Waals surface area contributed by atoms with Gasteiger partial charge in [0.15, 0.2) is 0 Å². The molecule has 23 heavy (non-hydrogen) atoms. The van der Waals surface area contributed by atoms with E-state index in [0.717, 1.165) is 4.90 Å². The molecule has 0 aromatic carbocycles. The zero-order valence-electron chi connectivity index (χ0n) is 12.2. The smallest absolute Gasteiger partial charge is 0.267 e. The van der Waals surface area contributed by atoms with Gasteiger partial charge in [0.05, 0.1) is 23.7 Å². The molecular formula is C15H16F2N4O2. The molecule has 8 heteroatoms. The highest BCUT2D eigenvalue weighted by Gasteiger charge is 2.47. The van der Waals surface area contributed by atoms with Crippen molar-refractivity contribution in [2.45, 2.75) is 18.4 Å². The fourth-order valence-electron chi connectivity index (χ4n) is 2.72. The van der Waals surface area contributed by atoms with Gasteiger partial charge in [-0.05, 0) is 12.1 Å². The van der Waals surface area contributed by atoms with Crippen molar-refractivity contribution in [2.75, 3.05) is 13.1 Å². The van der Waals surface area contributed by atoms with Crippen molar-refractivity contribution < 1.29 is 18.4 Å². The van der Waals surface area contributed by atoms with Crippen LogP contribution in [0.1, 0.15) is 27.1 Å². The molecule has 2 aromatic rings. The SMILES string of the molecule is O=C(NC[C@@H]1CC(F)(F)CN1C(=O)c1cc[nH]c1)c1cc[nH]c1. The first-order valence-electron chi connectivity index (χ1n) is 7.19. The van der Waals surface area contributed by atoms with Crippen LogP contribution in [0.15, 0.2) is 36.9 Å². The summed E-state index contributed by atoms with van der Waals surface area (Å²) in [7, 11) is 0. The summed E-state index contributed by atoms with van der Waals surface area (Å²) in [6.45, 7) is -0.655. The van der Waals surface area contributed by atoms with Crippen LogP contribution in [0.3, 0.4) is 0 Å². The van der Waals surface area contributed by atoms with Gasteiger partial charge in [-0.15, -0.1) is 0 Å². The number of alkyl halides is 2. The maximum atomic E-state index is 13.7. The molecule has 0 saturated carbocycles. The third kappa shape index (κ3) is 3.25. The minimum absolute atomic E-state index is 0.0181. The molecule has 1 aliphatic rings. The number of halogens is 2. The van der Waals surface area contributed by atoms with Gasteiger partial charge in [0.25, 0.3) is 17.7 Å². The number of nitrogens with one attached hydrogen (secondary N) is 3. The van der Waals surface area contributed by atoms with Crippen molar-refractivity contribution in [1.29, 1.82) is 0 Å². The number of rotatable bonds is 4. The minimum Gasteiger partial charge on any atom is -0.367 e. The van der Waals surface area contributed by atoms with E-state index in [-0.39, 0.29) is 12.5 Å². The molecular weight excluding hydrogens is 306 g/mol. The summed E-state index contributed by atoms with van der Waals surface area (Å²) in [6, 6.07) is 2.38. The third-order valence-electron chi connectivity index (χ3n) is 3.84. The number of hydrogen-bond donors (Lipinski definition) is 3. The second kappa shape index (κ2) is 5.86. The highest BCUT2D eigenvalue weighted by Crippen LogP contribution is 2.32. The summed E-state index contributed by atoms with van der Waals surface area (Å²) < 4.78 is 27.4. The van der Waals surface area contributed by atoms with Gasteiger partial charge in [0.1, 0.15) is 0 Å². The van der Waals surface area contributed by atoms with Crippen LogP contribution < -0.4 is 5.32 Å². The Morgan fingerprint density at radius 1 is 1.22 bits per heavy atom. The van der Waals surface area contributed by atoms with E-state index in [1.807, 2.05) is 0 Å². The topological polar surface area (TPSA) is 81.0 Å². The number of nitrogens with zero attached hydrogens (tertiary/aromatic N) is 1. The van der Waals surface area contributed by atoms with Gasteiger partial charge < -0.3 is 20.2 Å². The lowest BCUT2D eigenvalue weighted by molar-refractivity contribution is 0.0118. The Kier molecular flexibility index (Phi) is 3.89. The maximum Gasteiger partial charge on any atom is 0.267 e. The van der Waals surface area contributed by atoms with Crippen molar-refractivity contribution in [2.24, 2.45) is 0 Å². The average molecular weight is 322 g/mol. The molecule has 0 bridgehead atoms. The summed E-state index contributed by atoms with van der Waals surface area (Å²) in [6.07, 6.45) is 5.68. The van der Waals surface area contributed by atoms with Gasteiger partial charge in [0.2, 0.25) is 0 Å². The molecule has 0 aliphatic carbocycles. The van der Waals surface area contributed by atoms with Crippen molar-refractivity contribution in [1.82, 2.24) is 20.2 Å². The van der Waals surface area contributed by atoms with E-state index in [1.165, 1.54) is 18.5 Å². The molecule has 0 spiro atoms. The first kappa shape index (κ1) is 15.3. The summed E-state index contributed by atoms with van der Waals surface area (Å²) in [5.74, 6) is -3.78. The quantitative estimate of drug-likeness (QED) is 0.799. The zero-order valence-corrected chi connectivity index (χ0v) is 12.2. The maximum absolute atomic E-state index is 13.7. The van der Waals surface area contributed by atoms with E-state index in [0.29, 0.717) is 11.1 Å². The second-order valence-electron chi connectivity index (χ2n) is 5.56. The van der Waals surface area contributed by atoms with Gasteiger partial charge in [-0.2, -0.15) is 0 Å². The Morgan fingerprint density at radius 2 is 1.87 bits per heavy atom. The Labute approximate surface area is 130 Å². The molecule has 1 aliphatic heterocycles. The number of carbonyl (C=O) groups is 2. The number of carbonyl (C=O) groups excluding carboxylic acids is 2. The third-order valence-corrected chi connectivity index (χ3v) is 3.84. The van der Waals surface area contributed by atoms with Crippen LogP contribution in [0.4, 0.5) is 8.78 Å². The molecule has 1 saturated heterocycles. The Morgan fingerprint density at radius 3 is 2.48 bits per heavy atom. The van der Waals surface area contributed by atoms with Crippen molar-refractivity contribution in [3.8, 4) is 0 Å². The normalized spacial score (nSPS) is 19.7. The summed E-state index contributed by atoms with van der Waals surface area (Å²) >= 11 is 0. The fourth-order valence-corrected chi connectivity index (χ4v) is 2.72. The second-order valence-corrected chi connectivity index (χ2v) is 5.56. The van der Waals surface area contributed by atoms with E-state index in [9.17, 15) is 18.4 Å². The molecule has 2 aromatic heterocycles. The van der Waals surface area contributed by atoms with Gasteiger partial charge >= 0.3 is 0 Å². The minimum atomic E-state index is -2.95.